The number of carbonyl (C=O) groups excluding carboxylic acids is 1. The molecule has 21 heavy (non-hydrogen) atoms. The average molecular weight is 306 g/mol. The molecular formula is C17H26N2OS. The van der Waals surface area contributed by atoms with Crippen molar-refractivity contribution in [2.75, 3.05) is 6.54 Å². The highest BCUT2D eigenvalue weighted by Gasteiger charge is 2.25. The van der Waals surface area contributed by atoms with Crippen molar-refractivity contribution in [2.45, 2.75) is 52.5 Å². The van der Waals surface area contributed by atoms with Gasteiger partial charge < -0.3 is 10.6 Å². The van der Waals surface area contributed by atoms with E-state index in [0.717, 1.165) is 6.42 Å². The van der Waals surface area contributed by atoms with Crippen LogP contribution in [0.4, 0.5) is 0 Å². The Kier molecular flexibility index (Phi) is 6.34. The number of benzene rings is 1. The summed E-state index contributed by atoms with van der Waals surface area (Å²) >= 11 is 4.92. The maximum atomic E-state index is 12.5. The molecule has 0 atom stereocenters. The third-order valence-electron chi connectivity index (χ3n) is 3.44. The summed E-state index contributed by atoms with van der Waals surface area (Å²) in [5.41, 5.74) is 7.77. The molecule has 3 nitrogen and oxygen atoms in total. The van der Waals surface area contributed by atoms with E-state index < -0.39 is 0 Å². The van der Waals surface area contributed by atoms with Crippen LogP contribution >= 0.6 is 12.2 Å². The molecule has 0 unspecified atom stereocenters. The summed E-state index contributed by atoms with van der Waals surface area (Å²) in [5.74, 6) is 0.152. The standard InChI is InChI=1S/C17H26N2OS/c1-13-5-7-14(8-6-13)9-10-16(20)19(17(2,3)4)12-11-15(18)21/h5-8H,9-12H2,1-4H3,(H2,18,21). The fraction of sp³-hybridized carbons (Fsp3) is 0.529. The lowest BCUT2D eigenvalue weighted by atomic mass is 10.0. The van der Waals surface area contributed by atoms with Crippen LogP contribution in [0.1, 0.15) is 44.7 Å². The van der Waals surface area contributed by atoms with E-state index in [0.29, 0.717) is 24.4 Å². The molecule has 0 aromatic heterocycles. The number of amides is 1. The molecule has 0 aliphatic rings. The lowest BCUT2D eigenvalue weighted by molar-refractivity contribution is -0.135. The fourth-order valence-electron chi connectivity index (χ4n) is 2.20. The molecule has 0 fully saturated rings. The normalized spacial score (nSPS) is 11.2. The molecule has 2 N–H and O–H groups in total. The highest BCUT2D eigenvalue weighted by atomic mass is 32.1. The minimum absolute atomic E-state index is 0.152. The molecule has 1 rings (SSSR count). The molecule has 4 heteroatoms. The number of aryl methyl sites for hydroxylation is 2. The predicted octanol–water partition coefficient (Wildman–Crippen LogP) is 3.23. The summed E-state index contributed by atoms with van der Waals surface area (Å²) in [6.45, 7) is 8.76. The number of hydrogen-bond donors (Lipinski definition) is 1. The molecule has 1 aromatic rings. The van der Waals surface area contributed by atoms with Crippen molar-refractivity contribution in [1.29, 1.82) is 0 Å². The zero-order chi connectivity index (χ0) is 16.0. The van der Waals surface area contributed by atoms with Crippen LogP contribution in [0, 0.1) is 6.92 Å². The van der Waals surface area contributed by atoms with Crippen molar-refractivity contribution in [3.8, 4) is 0 Å². The summed E-state index contributed by atoms with van der Waals surface area (Å²) in [6, 6.07) is 8.32. The zero-order valence-electron chi connectivity index (χ0n) is 13.5. The van der Waals surface area contributed by atoms with E-state index >= 15 is 0 Å². The van der Waals surface area contributed by atoms with E-state index in [1.54, 1.807) is 0 Å². The fourth-order valence-corrected chi connectivity index (χ4v) is 2.29. The van der Waals surface area contributed by atoms with Crippen LogP contribution in [-0.2, 0) is 11.2 Å². The average Bonchev–Trinajstić information content (AvgIpc) is 2.36. The maximum Gasteiger partial charge on any atom is 0.223 e. The predicted molar refractivity (Wildman–Crippen MR) is 92.4 cm³/mol. The zero-order valence-corrected chi connectivity index (χ0v) is 14.3. The molecule has 0 spiro atoms. The number of rotatable bonds is 6. The molecule has 0 radical (unpaired) electrons. The number of thiocarbonyl (C=S) groups is 1. The van der Waals surface area contributed by atoms with E-state index in [4.69, 9.17) is 18.0 Å². The second-order valence-corrected chi connectivity index (χ2v) is 6.94. The van der Waals surface area contributed by atoms with Crippen LogP contribution in [0.3, 0.4) is 0 Å². The number of hydrogen-bond acceptors (Lipinski definition) is 2. The Labute approximate surface area is 133 Å². The molecule has 0 bridgehead atoms. The lowest BCUT2D eigenvalue weighted by Crippen LogP contribution is -2.47. The largest absolute Gasteiger partial charge is 0.393 e. The van der Waals surface area contributed by atoms with Crippen molar-refractivity contribution < 1.29 is 4.79 Å². The van der Waals surface area contributed by atoms with Crippen LogP contribution in [0.5, 0.6) is 0 Å². The first-order chi connectivity index (χ1) is 9.70. The first-order valence-corrected chi connectivity index (χ1v) is 7.75. The van der Waals surface area contributed by atoms with Crippen molar-refractivity contribution in [3.05, 3.63) is 35.4 Å². The van der Waals surface area contributed by atoms with Gasteiger partial charge in [0.25, 0.3) is 0 Å². The van der Waals surface area contributed by atoms with Crippen LogP contribution in [0.2, 0.25) is 0 Å². The molecule has 116 valence electrons. The SMILES string of the molecule is Cc1ccc(CCC(=O)N(CCC(N)=S)C(C)(C)C)cc1. The molecule has 0 heterocycles. The van der Waals surface area contributed by atoms with Crippen LogP contribution < -0.4 is 5.73 Å². The summed E-state index contributed by atoms with van der Waals surface area (Å²) < 4.78 is 0. The minimum atomic E-state index is -0.213. The van der Waals surface area contributed by atoms with Crippen molar-refractivity contribution >= 4 is 23.1 Å². The van der Waals surface area contributed by atoms with Gasteiger partial charge in [-0.2, -0.15) is 0 Å². The summed E-state index contributed by atoms with van der Waals surface area (Å²) in [4.78, 5) is 14.8. The van der Waals surface area contributed by atoms with Gasteiger partial charge in [0.15, 0.2) is 0 Å². The Bertz CT molecular complexity index is 489. The Balaban J connectivity index is 2.63. The highest BCUT2D eigenvalue weighted by molar-refractivity contribution is 7.80. The van der Waals surface area contributed by atoms with Crippen LogP contribution in [0.25, 0.3) is 0 Å². The molecular weight excluding hydrogens is 280 g/mol. The smallest absolute Gasteiger partial charge is 0.223 e. The van der Waals surface area contributed by atoms with Gasteiger partial charge in [0.2, 0.25) is 5.91 Å². The Morgan fingerprint density at radius 3 is 2.24 bits per heavy atom. The number of carbonyl (C=O) groups is 1. The Morgan fingerprint density at radius 1 is 1.19 bits per heavy atom. The van der Waals surface area contributed by atoms with Crippen LogP contribution in [0.15, 0.2) is 24.3 Å². The monoisotopic (exact) mass is 306 g/mol. The highest BCUT2D eigenvalue weighted by Crippen LogP contribution is 2.16. The van der Waals surface area contributed by atoms with Gasteiger partial charge in [-0.05, 0) is 39.7 Å². The first kappa shape index (κ1) is 17.6. The van der Waals surface area contributed by atoms with E-state index in [2.05, 4.69) is 31.2 Å². The van der Waals surface area contributed by atoms with E-state index in [1.807, 2.05) is 25.7 Å². The second-order valence-electron chi connectivity index (χ2n) is 6.42. The molecule has 1 aromatic carbocycles. The summed E-state index contributed by atoms with van der Waals surface area (Å²) in [5, 5.41) is 0. The summed E-state index contributed by atoms with van der Waals surface area (Å²) in [6.07, 6.45) is 1.85. The molecule has 0 aliphatic carbocycles. The van der Waals surface area contributed by atoms with Crippen molar-refractivity contribution in [1.82, 2.24) is 4.90 Å². The molecule has 0 saturated carbocycles. The van der Waals surface area contributed by atoms with E-state index in [-0.39, 0.29) is 11.4 Å². The number of nitrogens with zero attached hydrogens (tertiary/aromatic N) is 1. The van der Waals surface area contributed by atoms with Gasteiger partial charge in [0, 0.05) is 24.9 Å². The van der Waals surface area contributed by atoms with Gasteiger partial charge in [-0.25, -0.2) is 0 Å². The second kappa shape index (κ2) is 7.55. The van der Waals surface area contributed by atoms with Gasteiger partial charge in [-0.1, -0.05) is 42.0 Å². The van der Waals surface area contributed by atoms with Gasteiger partial charge in [0.05, 0.1) is 4.99 Å². The van der Waals surface area contributed by atoms with Crippen LogP contribution in [-0.4, -0.2) is 27.9 Å². The van der Waals surface area contributed by atoms with E-state index in [1.165, 1.54) is 11.1 Å². The summed E-state index contributed by atoms with van der Waals surface area (Å²) in [7, 11) is 0. The van der Waals surface area contributed by atoms with E-state index in [9.17, 15) is 4.79 Å². The molecule has 0 aliphatic heterocycles. The Hall–Kier alpha value is -1.42. The maximum absolute atomic E-state index is 12.5. The Morgan fingerprint density at radius 2 is 1.76 bits per heavy atom. The molecule has 1 amide bonds. The minimum Gasteiger partial charge on any atom is -0.393 e. The van der Waals surface area contributed by atoms with Gasteiger partial charge in [-0.3, -0.25) is 4.79 Å². The number of nitrogens with two attached hydrogens (primary N) is 1. The first-order valence-electron chi connectivity index (χ1n) is 7.34. The van der Waals surface area contributed by atoms with Gasteiger partial charge in [-0.15, -0.1) is 0 Å². The lowest BCUT2D eigenvalue weighted by Gasteiger charge is -2.36. The van der Waals surface area contributed by atoms with Gasteiger partial charge in [0.1, 0.15) is 0 Å². The quantitative estimate of drug-likeness (QED) is 0.821. The van der Waals surface area contributed by atoms with Crippen molar-refractivity contribution in [2.24, 2.45) is 5.73 Å². The molecule has 0 saturated heterocycles. The van der Waals surface area contributed by atoms with Gasteiger partial charge >= 0.3 is 0 Å². The third kappa shape index (κ3) is 6.25. The third-order valence-corrected chi connectivity index (χ3v) is 3.64. The van der Waals surface area contributed by atoms with Crippen molar-refractivity contribution in [3.63, 3.8) is 0 Å². The topological polar surface area (TPSA) is 46.3 Å².